The van der Waals surface area contributed by atoms with E-state index in [-0.39, 0.29) is 18.6 Å². The Balaban J connectivity index is 1.52. The second-order valence-electron chi connectivity index (χ2n) is 5.47. The summed E-state index contributed by atoms with van der Waals surface area (Å²) in [5.74, 6) is 0.408. The van der Waals surface area contributed by atoms with Crippen molar-refractivity contribution in [3.05, 3.63) is 49.3 Å². The van der Waals surface area contributed by atoms with E-state index >= 15 is 0 Å². The van der Waals surface area contributed by atoms with Crippen LogP contribution in [0.25, 0.3) is 5.69 Å². The van der Waals surface area contributed by atoms with Crippen molar-refractivity contribution in [2.45, 2.75) is 25.9 Å². The second kappa shape index (κ2) is 8.04. The van der Waals surface area contributed by atoms with Crippen molar-refractivity contribution >= 4 is 5.91 Å². The summed E-state index contributed by atoms with van der Waals surface area (Å²) in [4.78, 5) is 16.1. The fourth-order valence-corrected chi connectivity index (χ4v) is 2.34. The second-order valence-corrected chi connectivity index (χ2v) is 5.47. The van der Waals surface area contributed by atoms with Gasteiger partial charge in [-0.25, -0.2) is 9.67 Å². The first-order valence-corrected chi connectivity index (χ1v) is 7.96. The molecule has 1 aromatic carbocycles. The molecule has 1 atom stereocenters. The number of aromatic nitrogens is 6. The Hall–Kier alpha value is -3.23. The van der Waals surface area contributed by atoms with E-state index in [9.17, 15) is 4.79 Å². The number of imidazole rings is 1. The smallest absolute Gasteiger partial charge is 0.258 e. The molecule has 0 bridgehead atoms. The number of nitrogens with one attached hydrogen (secondary N) is 1. The van der Waals surface area contributed by atoms with E-state index in [1.165, 1.54) is 11.0 Å². The van der Waals surface area contributed by atoms with Gasteiger partial charge in [0.1, 0.15) is 12.1 Å². The molecule has 130 valence electrons. The highest BCUT2D eigenvalue weighted by atomic mass is 16.5. The van der Waals surface area contributed by atoms with Crippen LogP contribution in [0.15, 0.2) is 49.3 Å². The average molecular weight is 341 g/mol. The minimum absolute atomic E-state index is 0.0258. The number of rotatable bonds is 8. The zero-order valence-electron chi connectivity index (χ0n) is 13.8. The maximum Gasteiger partial charge on any atom is 0.258 e. The minimum Gasteiger partial charge on any atom is -0.484 e. The van der Waals surface area contributed by atoms with Gasteiger partial charge in [-0.2, -0.15) is 0 Å². The molecule has 0 fully saturated rings. The molecular weight excluding hydrogens is 322 g/mol. The maximum absolute atomic E-state index is 12.1. The molecule has 3 aromatic rings. The van der Waals surface area contributed by atoms with E-state index in [2.05, 4.69) is 25.8 Å². The molecule has 0 radical (unpaired) electrons. The average Bonchev–Trinajstić information content (AvgIpc) is 3.33. The maximum atomic E-state index is 12.1. The first-order chi connectivity index (χ1) is 12.2. The Morgan fingerprint density at radius 1 is 1.36 bits per heavy atom. The lowest BCUT2D eigenvalue weighted by atomic mass is 10.2. The molecule has 0 saturated carbocycles. The van der Waals surface area contributed by atoms with Crippen LogP contribution in [0.3, 0.4) is 0 Å². The predicted molar refractivity (Wildman–Crippen MR) is 89.1 cm³/mol. The fraction of sp³-hybridized carbons (Fsp3) is 0.312. The van der Waals surface area contributed by atoms with Gasteiger partial charge in [-0.05, 0) is 29.0 Å². The predicted octanol–water partition coefficient (Wildman–Crippen LogP) is 0.833. The summed E-state index contributed by atoms with van der Waals surface area (Å²) in [5, 5.41) is 14.0. The van der Waals surface area contributed by atoms with Crippen LogP contribution in [0.1, 0.15) is 13.3 Å². The largest absolute Gasteiger partial charge is 0.484 e. The molecule has 1 N–H and O–H groups in total. The van der Waals surface area contributed by atoms with Crippen LogP contribution >= 0.6 is 0 Å². The number of hydrogen-bond donors (Lipinski definition) is 1. The molecule has 1 amide bonds. The monoisotopic (exact) mass is 341 g/mol. The van der Waals surface area contributed by atoms with Crippen LogP contribution in [0.5, 0.6) is 5.75 Å². The third kappa shape index (κ3) is 4.63. The third-order valence-corrected chi connectivity index (χ3v) is 3.65. The molecule has 25 heavy (non-hydrogen) atoms. The number of amides is 1. The van der Waals surface area contributed by atoms with Gasteiger partial charge in [0, 0.05) is 31.0 Å². The summed E-state index contributed by atoms with van der Waals surface area (Å²) in [6, 6.07) is 7.24. The summed E-state index contributed by atoms with van der Waals surface area (Å²) >= 11 is 0. The van der Waals surface area contributed by atoms with Crippen molar-refractivity contribution in [1.29, 1.82) is 0 Å². The van der Waals surface area contributed by atoms with E-state index in [0.29, 0.717) is 12.3 Å². The third-order valence-electron chi connectivity index (χ3n) is 3.65. The SMILES string of the molecule is CCC(Cn1ccnc1)NC(=O)COc1cccc(-n2cnnn2)c1. The van der Waals surface area contributed by atoms with Crippen molar-refractivity contribution in [3.63, 3.8) is 0 Å². The Morgan fingerprint density at radius 3 is 3.00 bits per heavy atom. The van der Waals surface area contributed by atoms with Crippen molar-refractivity contribution in [2.24, 2.45) is 0 Å². The van der Waals surface area contributed by atoms with Gasteiger partial charge < -0.3 is 14.6 Å². The summed E-state index contributed by atoms with van der Waals surface area (Å²) in [7, 11) is 0. The van der Waals surface area contributed by atoms with Crippen molar-refractivity contribution < 1.29 is 9.53 Å². The Bertz CT molecular complexity index is 787. The molecule has 9 nitrogen and oxygen atoms in total. The lowest BCUT2D eigenvalue weighted by molar-refractivity contribution is -0.123. The van der Waals surface area contributed by atoms with Gasteiger partial charge in [-0.1, -0.05) is 13.0 Å². The number of tetrazole rings is 1. The molecule has 1 unspecified atom stereocenters. The van der Waals surface area contributed by atoms with Gasteiger partial charge in [0.15, 0.2) is 6.61 Å². The molecule has 0 aliphatic carbocycles. The van der Waals surface area contributed by atoms with Crippen molar-refractivity contribution in [3.8, 4) is 11.4 Å². The molecule has 2 aromatic heterocycles. The van der Waals surface area contributed by atoms with E-state index in [0.717, 1.165) is 12.1 Å². The Kier molecular flexibility index (Phi) is 5.35. The summed E-state index contributed by atoms with van der Waals surface area (Å²) in [6.07, 6.45) is 7.63. The molecule has 0 aliphatic heterocycles. The summed E-state index contributed by atoms with van der Waals surface area (Å²) < 4.78 is 9.03. The highest BCUT2D eigenvalue weighted by Gasteiger charge is 2.12. The van der Waals surface area contributed by atoms with E-state index in [4.69, 9.17) is 4.74 Å². The minimum atomic E-state index is -0.167. The fourth-order valence-electron chi connectivity index (χ4n) is 2.34. The number of carbonyl (C=O) groups is 1. The lowest BCUT2D eigenvalue weighted by Crippen LogP contribution is -2.39. The molecule has 2 heterocycles. The van der Waals surface area contributed by atoms with Crippen molar-refractivity contribution in [1.82, 2.24) is 35.1 Å². The number of hydrogen-bond acceptors (Lipinski definition) is 6. The van der Waals surface area contributed by atoms with Crippen LogP contribution in [0.4, 0.5) is 0 Å². The van der Waals surface area contributed by atoms with Gasteiger partial charge in [-0.15, -0.1) is 5.10 Å². The van der Waals surface area contributed by atoms with E-state index in [1.807, 2.05) is 29.8 Å². The Morgan fingerprint density at radius 2 is 2.28 bits per heavy atom. The van der Waals surface area contributed by atoms with Gasteiger partial charge in [-0.3, -0.25) is 4.79 Å². The molecule has 3 rings (SSSR count). The van der Waals surface area contributed by atoms with Gasteiger partial charge >= 0.3 is 0 Å². The van der Waals surface area contributed by atoms with Crippen molar-refractivity contribution in [2.75, 3.05) is 6.61 Å². The quantitative estimate of drug-likeness (QED) is 0.651. The first kappa shape index (κ1) is 16.6. The normalized spacial score (nSPS) is 11.9. The van der Waals surface area contributed by atoms with Gasteiger partial charge in [0.25, 0.3) is 5.91 Å². The molecule has 9 heteroatoms. The molecule has 0 saturated heterocycles. The molecular formula is C16H19N7O2. The molecule has 0 spiro atoms. The number of benzene rings is 1. The summed E-state index contributed by atoms with van der Waals surface area (Å²) in [5.41, 5.74) is 0.759. The Labute approximate surface area is 144 Å². The van der Waals surface area contributed by atoms with Gasteiger partial charge in [0.2, 0.25) is 0 Å². The summed E-state index contributed by atoms with van der Waals surface area (Å²) in [6.45, 7) is 2.65. The van der Waals surface area contributed by atoms with Crippen LogP contribution in [0.2, 0.25) is 0 Å². The topological polar surface area (TPSA) is 99.8 Å². The van der Waals surface area contributed by atoms with Crippen LogP contribution in [0, 0.1) is 0 Å². The lowest BCUT2D eigenvalue weighted by Gasteiger charge is -2.17. The van der Waals surface area contributed by atoms with Crippen LogP contribution in [-0.2, 0) is 11.3 Å². The standard InChI is InChI=1S/C16H19N7O2/c1-2-13(9-22-7-6-17-11-22)19-16(24)10-25-15-5-3-4-14(8-15)23-12-18-20-21-23/h3-8,11-13H,2,9-10H2,1H3,(H,19,24). The number of carbonyl (C=O) groups excluding carboxylic acids is 1. The highest BCUT2D eigenvalue weighted by Crippen LogP contribution is 2.15. The van der Waals surface area contributed by atoms with Crippen LogP contribution < -0.4 is 10.1 Å². The zero-order chi connectivity index (χ0) is 17.5. The van der Waals surface area contributed by atoms with Crippen LogP contribution in [-0.4, -0.2) is 48.3 Å². The molecule has 0 aliphatic rings. The highest BCUT2D eigenvalue weighted by molar-refractivity contribution is 5.77. The van der Waals surface area contributed by atoms with E-state index in [1.54, 1.807) is 24.7 Å². The number of nitrogens with zero attached hydrogens (tertiary/aromatic N) is 6. The number of ether oxygens (including phenoxy) is 1. The van der Waals surface area contributed by atoms with Gasteiger partial charge in [0.05, 0.1) is 12.0 Å². The van der Waals surface area contributed by atoms with E-state index < -0.39 is 0 Å². The first-order valence-electron chi connectivity index (χ1n) is 7.96. The zero-order valence-corrected chi connectivity index (χ0v) is 13.8.